The van der Waals surface area contributed by atoms with E-state index in [-0.39, 0.29) is 5.02 Å². The number of benzene rings is 2. The molecule has 0 saturated heterocycles. The Morgan fingerprint density at radius 1 is 1.22 bits per heavy atom. The Morgan fingerprint density at radius 3 is 2.67 bits per heavy atom. The molecule has 0 fully saturated rings. The van der Waals surface area contributed by atoms with Gasteiger partial charge in [-0.2, -0.15) is 5.26 Å². The highest BCUT2D eigenvalue weighted by molar-refractivity contribution is 6.33. The van der Waals surface area contributed by atoms with Crippen molar-refractivity contribution in [1.29, 1.82) is 5.26 Å². The minimum atomic E-state index is -0.402. The van der Waals surface area contributed by atoms with E-state index in [0.717, 1.165) is 0 Å². The van der Waals surface area contributed by atoms with Crippen molar-refractivity contribution < 1.29 is 4.39 Å². The third kappa shape index (κ3) is 2.53. The lowest BCUT2D eigenvalue weighted by Crippen LogP contribution is -1.95. The van der Waals surface area contributed by atoms with Crippen LogP contribution in [0, 0.1) is 17.1 Å². The van der Waals surface area contributed by atoms with Crippen LogP contribution in [0.2, 0.25) is 5.02 Å². The molecule has 2 rings (SSSR count). The van der Waals surface area contributed by atoms with E-state index in [1.54, 1.807) is 18.2 Å². The van der Waals surface area contributed by atoms with Crippen LogP contribution in [-0.4, -0.2) is 0 Å². The fourth-order valence-electron chi connectivity index (χ4n) is 1.48. The molecule has 0 heterocycles. The predicted molar refractivity (Wildman–Crippen MR) is 70.3 cm³/mol. The molecule has 90 valence electrons. The van der Waals surface area contributed by atoms with Crippen LogP contribution >= 0.6 is 11.6 Å². The van der Waals surface area contributed by atoms with Gasteiger partial charge in [0.15, 0.2) is 0 Å². The normalized spacial score (nSPS) is 9.83. The molecule has 18 heavy (non-hydrogen) atoms. The number of hydrogen-bond acceptors (Lipinski definition) is 3. The summed E-state index contributed by atoms with van der Waals surface area (Å²) in [4.78, 5) is 0. The van der Waals surface area contributed by atoms with E-state index < -0.39 is 5.82 Å². The zero-order valence-electron chi connectivity index (χ0n) is 9.24. The molecule has 3 nitrogen and oxygen atoms in total. The average molecular weight is 262 g/mol. The van der Waals surface area contributed by atoms with Crippen LogP contribution in [0.4, 0.5) is 21.5 Å². The third-order valence-corrected chi connectivity index (χ3v) is 2.70. The van der Waals surface area contributed by atoms with Crippen molar-refractivity contribution in [3.63, 3.8) is 0 Å². The summed E-state index contributed by atoms with van der Waals surface area (Å²) < 4.78 is 12.9. The van der Waals surface area contributed by atoms with Gasteiger partial charge in [0.25, 0.3) is 0 Å². The first-order chi connectivity index (χ1) is 8.60. The van der Waals surface area contributed by atoms with E-state index in [4.69, 9.17) is 22.6 Å². The van der Waals surface area contributed by atoms with Gasteiger partial charge in [0.05, 0.1) is 16.3 Å². The molecule has 5 heteroatoms. The topological polar surface area (TPSA) is 61.8 Å². The van der Waals surface area contributed by atoms with Crippen LogP contribution in [0.3, 0.4) is 0 Å². The molecular weight excluding hydrogens is 253 g/mol. The van der Waals surface area contributed by atoms with E-state index in [2.05, 4.69) is 5.32 Å². The first-order valence-corrected chi connectivity index (χ1v) is 5.49. The molecular formula is C13H9ClFN3. The van der Waals surface area contributed by atoms with Gasteiger partial charge in [-0.3, -0.25) is 0 Å². The lowest BCUT2D eigenvalue weighted by Gasteiger charge is -2.09. The number of nitrogens with zero attached hydrogens (tertiary/aromatic N) is 1. The summed E-state index contributed by atoms with van der Waals surface area (Å²) in [5.41, 5.74) is 7.62. The summed E-state index contributed by atoms with van der Waals surface area (Å²) in [5, 5.41) is 12.1. The van der Waals surface area contributed by atoms with E-state index >= 15 is 0 Å². The number of nitrogens with one attached hydrogen (secondary N) is 1. The SMILES string of the molecule is N#Cc1cc(Nc2ccc(F)cc2Cl)ccc1N. The second-order valence-corrected chi connectivity index (χ2v) is 4.07. The van der Waals surface area contributed by atoms with Crippen molar-refractivity contribution in [2.75, 3.05) is 11.1 Å². The van der Waals surface area contributed by atoms with E-state index in [1.165, 1.54) is 18.2 Å². The summed E-state index contributed by atoms with van der Waals surface area (Å²) >= 11 is 5.89. The van der Waals surface area contributed by atoms with Crippen LogP contribution in [0.25, 0.3) is 0 Å². The second kappa shape index (κ2) is 4.94. The summed E-state index contributed by atoms with van der Waals surface area (Å²) in [6.45, 7) is 0. The Bertz CT molecular complexity index is 635. The number of halogens is 2. The van der Waals surface area contributed by atoms with Crippen LogP contribution in [0.5, 0.6) is 0 Å². The van der Waals surface area contributed by atoms with E-state index in [0.29, 0.717) is 22.6 Å². The smallest absolute Gasteiger partial charge is 0.124 e. The van der Waals surface area contributed by atoms with Crippen LogP contribution in [-0.2, 0) is 0 Å². The Balaban J connectivity index is 2.32. The molecule has 0 aliphatic heterocycles. The molecule has 0 amide bonds. The minimum absolute atomic E-state index is 0.269. The summed E-state index contributed by atoms with van der Waals surface area (Å²) in [7, 11) is 0. The van der Waals surface area contributed by atoms with E-state index in [1.807, 2.05) is 6.07 Å². The molecule has 2 aromatic rings. The molecule has 0 spiro atoms. The summed E-state index contributed by atoms with van der Waals surface area (Å²) in [6.07, 6.45) is 0. The fraction of sp³-hybridized carbons (Fsp3) is 0. The lowest BCUT2D eigenvalue weighted by molar-refractivity contribution is 0.628. The molecule has 0 saturated carbocycles. The molecule has 0 aliphatic carbocycles. The molecule has 0 unspecified atom stereocenters. The molecule has 0 atom stereocenters. The van der Waals surface area contributed by atoms with E-state index in [9.17, 15) is 4.39 Å². The van der Waals surface area contributed by atoms with Gasteiger partial charge in [-0.15, -0.1) is 0 Å². The Kier molecular flexibility index (Phi) is 3.35. The monoisotopic (exact) mass is 261 g/mol. The maximum atomic E-state index is 12.9. The molecule has 0 aromatic heterocycles. The largest absolute Gasteiger partial charge is 0.398 e. The lowest BCUT2D eigenvalue weighted by atomic mass is 10.1. The molecule has 3 N–H and O–H groups in total. The van der Waals surface area contributed by atoms with Crippen molar-refractivity contribution in [2.45, 2.75) is 0 Å². The quantitative estimate of drug-likeness (QED) is 0.811. The highest BCUT2D eigenvalue weighted by atomic mass is 35.5. The van der Waals surface area contributed by atoms with Crippen molar-refractivity contribution >= 4 is 28.7 Å². The number of anilines is 3. The molecule has 0 aliphatic rings. The average Bonchev–Trinajstić information content (AvgIpc) is 2.35. The third-order valence-electron chi connectivity index (χ3n) is 2.38. The van der Waals surface area contributed by atoms with Crippen molar-refractivity contribution in [2.24, 2.45) is 0 Å². The van der Waals surface area contributed by atoms with Crippen molar-refractivity contribution in [1.82, 2.24) is 0 Å². The maximum Gasteiger partial charge on any atom is 0.124 e. The first-order valence-electron chi connectivity index (χ1n) is 5.12. The van der Waals surface area contributed by atoms with Gasteiger partial charge < -0.3 is 11.1 Å². The van der Waals surface area contributed by atoms with Crippen molar-refractivity contribution in [3.05, 3.63) is 52.8 Å². The summed E-state index contributed by atoms with van der Waals surface area (Å²) in [6, 6.07) is 11.0. The number of nitriles is 1. The van der Waals surface area contributed by atoms with Crippen LogP contribution in [0.15, 0.2) is 36.4 Å². The minimum Gasteiger partial charge on any atom is -0.398 e. The Hall–Kier alpha value is -2.25. The van der Waals surface area contributed by atoms with Crippen LogP contribution in [0.1, 0.15) is 5.56 Å². The molecule has 0 radical (unpaired) electrons. The van der Waals surface area contributed by atoms with Gasteiger partial charge in [-0.1, -0.05) is 11.6 Å². The van der Waals surface area contributed by atoms with Gasteiger partial charge in [0, 0.05) is 11.4 Å². The van der Waals surface area contributed by atoms with Gasteiger partial charge in [0.2, 0.25) is 0 Å². The van der Waals surface area contributed by atoms with Gasteiger partial charge in [-0.05, 0) is 36.4 Å². The number of nitrogens with two attached hydrogens (primary N) is 1. The zero-order chi connectivity index (χ0) is 13.1. The highest BCUT2D eigenvalue weighted by Crippen LogP contribution is 2.27. The van der Waals surface area contributed by atoms with Crippen LogP contribution < -0.4 is 11.1 Å². The standard InChI is InChI=1S/C13H9ClFN3/c14-11-6-9(15)1-4-13(11)18-10-2-3-12(17)8(5-10)7-16/h1-6,18H,17H2. The predicted octanol–water partition coefficient (Wildman–Crippen LogP) is 3.68. The number of hydrogen-bond donors (Lipinski definition) is 2. The zero-order valence-corrected chi connectivity index (χ0v) is 10.0. The Labute approximate surface area is 109 Å². The van der Waals surface area contributed by atoms with Gasteiger partial charge in [-0.25, -0.2) is 4.39 Å². The Morgan fingerprint density at radius 2 is 2.00 bits per heavy atom. The number of rotatable bonds is 2. The first kappa shape index (κ1) is 12.2. The van der Waals surface area contributed by atoms with Crippen molar-refractivity contribution in [3.8, 4) is 6.07 Å². The second-order valence-electron chi connectivity index (χ2n) is 3.66. The molecule has 0 bridgehead atoms. The van der Waals surface area contributed by atoms with Gasteiger partial charge >= 0.3 is 0 Å². The fourth-order valence-corrected chi connectivity index (χ4v) is 1.69. The number of nitrogen functional groups attached to an aromatic ring is 1. The maximum absolute atomic E-state index is 12.9. The summed E-state index contributed by atoms with van der Waals surface area (Å²) in [5.74, 6) is -0.402. The highest BCUT2D eigenvalue weighted by Gasteiger charge is 2.04. The molecule has 2 aromatic carbocycles. The van der Waals surface area contributed by atoms with Gasteiger partial charge in [0.1, 0.15) is 11.9 Å².